The summed E-state index contributed by atoms with van der Waals surface area (Å²) < 4.78 is 5.73. The van der Waals surface area contributed by atoms with E-state index in [1.54, 1.807) is 0 Å². The lowest BCUT2D eigenvalue weighted by molar-refractivity contribution is -0.123. The van der Waals surface area contributed by atoms with Gasteiger partial charge in [0.2, 0.25) is 5.91 Å². The normalized spacial score (nSPS) is 19.4. The van der Waals surface area contributed by atoms with E-state index in [1.807, 2.05) is 54.6 Å². The first kappa shape index (κ1) is 18.3. The fourth-order valence-electron chi connectivity index (χ4n) is 2.53. The topological polar surface area (TPSA) is 70.6 Å². The fourth-order valence-corrected chi connectivity index (χ4v) is 2.53. The van der Waals surface area contributed by atoms with E-state index >= 15 is 0 Å². The summed E-state index contributed by atoms with van der Waals surface area (Å²) in [5.74, 6) is 1.47. The summed E-state index contributed by atoms with van der Waals surface area (Å²) in [4.78, 5) is 12.0. The molecule has 0 bridgehead atoms. The molecule has 3 rings (SSSR count). The summed E-state index contributed by atoms with van der Waals surface area (Å²) in [6.07, 6.45) is 0.0375. The van der Waals surface area contributed by atoms with Crippen molar-refractivity contribution < 1.29 is 14.6 Å². The number of aliphatic hydroxyl groups is 1. The Morgan fingerprint density at radius 3 is 2.42 bits per heavy atom. The maximum Gasteiger partial charge on any atom is 0.237 e. The number of benzene rings is 2. The highest BCUT2D eigenvalue weighted by Gasteiger charge is 2.27. The van der Waals surface area contributed by atoms with Crippen LogP contribution < -0.4 is 15.4 Å². The van der Waals surface area contributed by atoms with Crippen molar-refractivity contribution in [1.29, 1.82) is 0 Å². The van der Waals surface area contributed by atoms with E-state index in [0.29, 0.717) is 19.5 Å². The van der Waals surface area contributed by atoms with Crippen LogP contribution in [0, 0.1) is 0 Å². The molecule has 1 aliphatic heterocycles. The van der Waals surface area contributed by atoms with Crippen molar-refractivity contribution in [2.75, 3.05) is 6.54 Å². The van der Waals surface area contributed by atoms with Gasteiger partial charge < -0.3 is 20.5 Å². The molecule has 2 aromatic carbocycles. The molecular formula is C18H21ClN2O3. The summed E-state index contributed by atoms with van der Waals surface area (Å²) in [5, 5.41) is 15.3. The Labute approximate surface area is 147 Å². The maximum atomic E-state index is 12.0. The molecule has 1 saturated heterocycles. The summed E-state index contributed by atoms with van der Waals surface area (Å²) in [6, 6.07) is 16.9. The van der Waals surface area contributed by atoms with E-state index in [4.69, 9.17) is 4.74 Å². The molecule has 0 saturated carbocycles. The highest BCUT2D eigenvalue weighted by molar-refractivity contribution is 5.85. The highest BCUT2D eigenvalue weighted by Crippen LogP contribution is 2.21. The van der Waals surface area contributed by atoms with Gasteiger partial charge in [0.15, 0.2) is 0 Å². The number of amides is 1. The molecule has 0 spiro atoms. The quantitative estimate of drug-likeness (QED) is 0.775. The van der Waals surface area contributed by atoms with Crippen LogP contribution >= 0.6 is 12.4 Å². The average molecular weight is 349 g/mol. The molecule has 0 aromatic heterocycles. The number of carbonyl (C=O) groups is 1. The van der Waals surface area contributed by atoms with E-state index in [2.05, 4.69) is 10.6 Å². The minimum absolute atomic E-state index is 0. The molecule has 2 unspecified atom stereocenters. The third-order valence-corrected chi connectivity index (χ3v) is 3.79. The number of carbonyl (C=O) groups excluding carboxylic acids is 1. The maximum absolute atomic E-state index is 12.0. The molecule has 6 heteroatoms. The molecule has 0 radical (unpaired) electrons. The number of ether oxygens (including phenoxy) is 1. The molecule has 5 nitrogen and oxygen atoms in total. The van der Waals surface area contributed by atoms with Gasteiger partial charge in [-0.25, -0.2) is 0 Å². The molecule has 128 valence electrons. The smallest absolute Gasteiger partial charge is 0.237 e. The van der Waals surface area contributed by atoms with Crippen molar-refractivity contribution in [3.63, 3.8) is 0 Å². The van der Waals surface area contributed by atoms with Crippen molar-refractivity contribution >= 4 is 18.3 Å². The lowest BCUT2D eigenvalue weighted by Crippen LogP contribution is -2.39. The number of hydrogen-bond acceptors (Lipinski definition) is 4. The molecule has 1 fully saturated rings. The Balaban J connectivity index is 0.00000208. The number of nitrogens with one attached hydrogen (secondary N) is 2. The first-order valence-corrected chi connectivity index (χ1v) is 7.72. The van der Waals surface area contributed by atoms with Crippen LogP contribution in [0.15, 0.2) is 54.6 Å². The predicted octanol–water partition coefficient (Wildman–Crippen LogP) is 2.24. The summed E-state index contributed by atoms with van der Waals surface area (Å²) in [7, 11) is 0. The Bertz CT molecular complexity index is 649. The standard InChI is InChI=1S/C18H20N2O3.ClH/c21-14-10-17(19-12-14)18(22)20-11-13-6-8-16(9-7-13)23-15-4-2-1-3-5-15;/h1-9,14,17,19,21H,10-12H2,(H,20,22);1H. The highest BCUT2D eigenvalue weighted by atomic mass is 35.5. The van der Waals surface area contributed by atoms with Crippen molar-refractivity contribution in [2.24, 2.45) is 0 Å². The van der Waals surface area contributed by atoms with Gasteiger partial charge in [-0.1, -0.05) is 30.3 Å². The summed E-state index contributed by atoms with van der Waals surface area (Å²) in [6.45, 7) is 0.933. The van der Waals surface area contributed by atoms with Gasteiger partial charge in [0.1, 0.15) is 11.5 Å². The van der Waals surface area contributed by atoms with Crippen LogP contribution in [0.25, 0.3) is 0 Å². The zero-order valence-electron chi connectivity index (χ0n) is 13.1. The first-order valence-electron chi connectivity index (χ1n) is 7.72. The molecular weight excluding hydrogens is 328 g/mol. The number of hydrogen-bond donors (Lipinski definition) is 3. The summed E-state index contributed by atoms with van der Waals surface area (Å²) >= 11 is 0. The van der Waals surface area contributed by atoms with Crippen molar-refractivity contribution in [3.05, 3.63) is 60.2 Å². The molecule has 24 heavy (non-hydrogen) atoms. The zero-order valence-corrected chi connectivity index (χ0v) is 14.0. The van der Waals surface area contributed by atoms with Crippen LogP contribution in [0.3, 0.4) is 0 Å². The third kappa shape index (κ3) is 4.96. The van der Waals surface area contributed by atoms with Crippen LogP contribution in [-0.2, 0) is 11.3 Å². The van der Waals surface area contributed by atoms with Gasteiger partial charge in [-0.05, 0) is 36.2 Å². The van der Waals surface area contributed by atoms with Crippen molar-refractivity contribution in [2.45, 2.75) is 25.1 Å². The number of aliphatic hydroxyl groups excluding tert-OH is 1. The molecule has 2 atom stereocenters. The predicted molar refractivity (Wildman–Crippen MR) is 94.5 cm³/mol. The van der Waals surface area contributed by atoms with Crippen LogP contribution in [-0.4, -0.2) is 29.7 Å². The van der Waals surface area contributed by atoms with E-state index in [-0.39, 0.29) is 24.4 Å². The van der Waals surface area contributed by atoms with Crippen molar-refractivity contribution in [1.82, 2.24) is 10.6 Å². The molecule has 1 amide bonds. The van der Waals surface area contributed by atoms with E-state index in [0.717, 1.165) is 17.1 Å². The number of β-amino-alcohol motifs (C(OH)–C–C–N with tert-alkyl or cyclic N) is 1. The number of halogens is 1. The second-order valence-electron chi connectivity index (χ2n) is 5.63. The van der Waals surface area contributed by atoms with Crippen LogP contribution in [0.1, 0.15) is 12.0 Å². The molecule has 0 aliphatic carbocycles. The van der Waals surface area contributed by atoms with E-state index < -0.39 is 6.10 Å². The van der Waals surface area contributed by atoms with E-state index in [1.165, 1.54) is 0 Å². The molecule has 2 aromatic rings. The lowest BCUT2D eigenvalue weighted by Gasteiger charge is -2.11. The van der Waals surface area contributed by atoms with Gasteiger partial charge in [-0.15, -0.1) is 12.4 Å². The summed E-state index contributed by atoms with van der Waals surface area (Å²) in [5.41, 5.74) is 0.998. The van der Waals surface area contributed by atoms with Crippen LogP contribution in [0.5, 0.6) is 11.5 Å². The molecule has 1 heterocycles. The zero-order chi connectivity index (χ0) is 16.1. The number of para-hydroxylation sites is 1. The van der Waals surface area contributed by atoms with Crippen LogP contribution in [0.2, 0.25) is 0 Å². The monoisotopic (exact) mass is 348 g/mol. The number of rotatable bonds is 5. The Kier molecular flexibility index (Phi) is 6.61. The average Bonchev–Trinajstić information content (AvgIpc) is 3.01. The Morgan fingerprint density at radius 1 is 1.12 bits per heavy atom. The first-order chi connectivity index (χ1) is 11.2. The SMILES string of the molecule is Cl.O=C(NCc1ccc(Oc2ccccc2)cc1)C1CC(O)CN1. The van der Waals surface area contributed by atoms with E-state index in [9.17, 15) is 9.90 Å². The van der Waals surface area contributed by atoms with Crippen LogP contribution in [0.4, 0.5) is 0 Å². The Hall–Kier alpha value is -2.08. The van der Waals surface area contributed by atoms with Crippen molar-refractivity contribution in [3.8, 4) is 11.5 Å². The third-order valence-electron chi connectivity index (χ3n) is 3.79. The van der Waals surface area contributed by atoms with Gasteiger partial charge in [-0.2, -0.15) is 0 Å². The van der Waals surface area contributed by atoms with Gasteiger partial charge in [-0.3, -0.25) is 4.79 Å². The second kappa shape index (κ2) is 8.68. The second-order valence-corrected chi connectivity index (χ2v) is 5.63. The largest absolute Gasteiger partial charge is 0.457 e. The Morgan fingerprint density at radius 2 is 1.79 bits per heavy atom. The minimum atomic E-state index is -0.430. The lowest BCUT2D eigenvalue weighted by atomic mass is 10.1. The fraction of sp³-hybridized carbons (Fsp3) is 0.278. The van der Waals surface area contributed by atoms with Gasteiger partial charge >= 0.3 is 0 Å². The molecule has 1 aliphatic rings. The van der Waals surface area contributed by atoms with Gasteiger partial charge in [0, 0.05) is 13.1 Å². The molecule has 3 N–H and O–H groups in total. The minimum Gasteiger partial charge on any atom is -0.457 e. The van der Waals surface area contributed by atoms with Gasteiger partial charge in [0.25, 0.3) is 0 Å². The van der Waals surface area contributed by atoms with Gasteiger partial charge in [0.05, 0.1) is 12.1 Å².